The Labute approximate surface area is 112 Å². The second kappa shape index (κ2) is 5.03. The third kappa shape index (κ3) is 2.22. The lowest BCUT2D eigenvalue weighted by atomic mass is 10.1. The molecule has 6 heteroatoms. The van der Waals surface area contributed by atoms with E-state index >= 15 is 0 Å². The Morgan fingerprint density at radius 2 is 2.05 bits per heavy atom. The van der Waals surface area contributed by atoms with Crippen LogP contribution in [0.2, 0.25) is 0 Å². The van der Waals surface area contributed by atoms with Crippen LogP contribution < -0.4 is 10.2 Å². The number of aromatic nitrogens is 2. The summed E-state index contributed by atoms with van der Waals surface area (Å²) in [6.07, 6.45) is 3.12. The highest BCUT2D eigenvalue weighted by Crippen LogP contribution is 2.25. The normalized spacial score (nSPS) is 23.7. The Balaban J connectivity index is 2.44. The van der Waals surface area contributed by atoms with E-state index in [-0.39, 0.29) is 11.8 Å². The molecule has 1 fully saturated rings. The number of nitrogens with zero attached hydrogens (tertiary/aromatic N) is 3. The smallest absolute Gasteiger partial charge is 0.250 e. The van der Waals surface area contributed by atoms with Crippen molar-refractivity contribution in [2.75, 3.05) is 4.90 Å². The summed E-state index contributed by atoms with van der Waals surface area (Å²) in [5.74, 6) is -0.172. The summed E-state index contributed by atoms with van der Waals surface area (Å²) in [4.78, 5) is 26.0. The quantitative estimate of drug-likeness (QED) is 0.870. The molecule has 1 aliphatic heterocycles. The molecular formula is C13H20N4O2. The van der Waals surface area contributed by atoms with Crippen molar-refractivity contribution in [2.45, 2.75) is 45.7 Å². The largest absolute Gasteiger partial charge is 0.343 e. The molecule has 1 aliphatic rings. The molecule has 0 spiro atoms. The Morgan fingerprint density at radius 1 is 1.37 bits per heavy atom. The maximum absolute atomic E-state index is 12.5. The Morgan fingerprint density at radius 3 is 2.63 bits per heavy atom. The highest BCUT2D eigenvalue weighted by atomic mass is 16.2. The lowest BCUT2D eigenvalue weighted by Crippen LogP contribution is -2.62. The second-order valence-electron chi connectivity index (χ2n) is 4.84. The van der Waals surface area contributed by atoms with Crippen molar-refractivity contribution >= 4 is 17.5 Å². The number of carbonyl (C=O) groups is 2. The van der Waals surface area contributed by atoms with Gasteiger partial charge in [-0.1, -0.05) is 13.8 Å². The molecule has 104 valence electrons. The van der Waals surface area contributed by atoms with E-state index in [0.717, 1.165) is 17.8 Å². The molecule has 1 aromatic heterocycles. The molecule has 0 saturated carbocycles. The lowest BCUT2D eigenvalue weighted by molar-refractivity contribution is -0.133. The van der Waals surface area contributed by atoms with E-state index in [1.807, 2.05) is 20.9 Å². The van der Waals surface area contributed by atoms with Crippen LogP contribution >= 0.6 is 0 Å². The van der Waals surface area contributed by atoms with E-state index in [2.05, 4.69) is 10.4 Å². The van der Waals surface area contributed by atoms with Gasteiger partial charge in [0.2, 0.25) is 11.8 Å². The van der Waals surface area contributed by atoms with Gasteiger partial charge in [0.15, 0.2) is 0 Å². The number of anilines is 1. The van der Waals surface area contributed by atoms with Gasteiger partial charge in [0.05, 0.1) is 11.4 Å². The highest BCUT2D eigenvalue weighted by Gasteiger charge is 2.39. The van der Waals surface area contributed by atoms with E-state index in [4.69, 9.17) is 0 Å². The van der Waals surface area contributed by atoms with Crippen molar-refractivity contribution < 1.29 is 9.59 Å². The minimum absolute atomic E-state index is 0.0581. The molecule has 1 saturated heterocycles. The summed E-state index contributed by atoms with van der Waals surface area (Å²) in [5.41, 5.74) is 1.59. The fourth-order valence-electron chi connectivity index (χ4n) is 2.41. The average molecular weight is 264 g/mol. The van der Waals surface area contributed by atoms with Gasteiger partial charge in [-0.3, -0.25) is 19.2 Å². The van der Waals surface area contributed by atoms with Crippen molar-refractivity contribution in [3.05, 3.63) is 11.9 Å². The van der Waals surface area contributed by atoms with Crippen LogP contribution in [0, 0.1) is 0 Å². The second-order valence-corrected chi connectivity index (χ2v) is 4.84. The van der Waals surface area contributed by atoms with Crippen molar-refractivity contribution in [1.29, 1.82) is 0 Å². The van der Waals surface area contributed by atoms with Gasteiger partial charge in [-0.15, -0.1) is 0 Å². The van der Waals surface area contributed by atoms with Gasteiger partial charge in [-0.25, -0.2) is 0 Å². The first-order valence-corrected chi connectivity index (χ1v) is 6.65. The molecule has 19 heavy (non-hydrogen) atoms. The van der Waals surface area contributed by atoms with Crippen molar-refractivity contribution in [3.63, 3.8) is 0 Å². The molecule has 2 unspecified atom stereocenters. The van der Waals surface area contributed by atoms with Crippen LogP contribution in [0.5, 0.6) is 0 Å². The number of aryl methyl sites for hydroxylation is 2. The monoisotopic (exact) mass is 264 g/mol. The van der Waals surface area contributed by atoms with Crippen LogP contribution in [-0.2, 0) is 23.1 Å². The fourth-order valence-corrected chi connectivity index (χ4v) is 2.41. The molecule has 2 atom stereocenters. The van der Waals surface area contributed by atoms with E-state index < -0.39 is 12.1 Å². The Bertz CT molecular complexity index is 509. The summed E-state index contributed by atoms with van der Waals surface area (Å²) >= 11 is 0. The molecule has 1 N–H and O–H groups in total. The minimum Gasteiger partial charge on any atom is -0.343 e. The van der Waals surface area contributed by atoms with E-state index in [9.17, 15) is 9.59 Å². The van der Waals surface area contributed by atoms with Crippen molar-refractivity contribution in [2.24, 2.45) is 7.05 Å². The number of piperazine rings is 1. The fraction of sp³-hybridized carbons (Fsp3) is 0.615. The van der Waals surface area contributed by atoms with Crippen LogP contribution in [0.25, 0.3) is 0 Å². The Hall–Kier alpha value is -1.85. The predicted octanol–water partition coefficient (Wildman–Crippen LogP) is 0.612. The zero-order chi connectivity index (χ0) is 14.2. The number of amides is 2. The summed E-state index contributed by atoms with van der Waals surface area (Å²) in [5, 5.41) is 7.09. The van der Waals surface area contributed by atoms with Crippen LogP contribution in [0.1, 0.15) is 32.9 Å². The Kier molecular flexibility index (Phi) is 3.59. The molecule has 0 aromatic carbocycles. The topological polar surface area (TPSA) is 67.2 Å². The van der Waals surface area contributed by atoms with Gasteiger partial charge in [0.1, 0.15) is 12.1 Å². The molecular weight excluding hydrogens is 244 g/mol. The molecule has 0 aliphatic carbocycles. The molecule has 0 radical (unpaired) electrons. The zero-order valence-corrected chi connectivity index (χ0v) is 11.8. The third-order valence-corrected chi connectivity index (χ3v) is 3.50. The average Bonchev–Trinajstić information content (AvgIpc) is 2.75. The van der Waals surface area contributed by atoms with Gasteiger partial charge in [-0.2, -0.15) is 5.10 Å². The summed E-state index contributed by atoms with van der Waals surface area (Å²) in [7, 11) is 1.82. The minimum atomic E-state index is -0.496. The number of rotatable bonds is 3. The lowest BCUT2D eigenvalue weighted by Gasteiger charge is -2.36. The molecule has 1 aromatic rings. The highest BCUT2D eigenvalue weighted by molar-refractivity contribution is 6.08. The molecule has 0 bridgehead atoms. The van der Waals surface area contributed by atoms with E-state index in [0.29, 0.717) is 6.42 Å². The molecule has 6 nitrogen and oxygen atoms in total. The first-order chi connectivity index (χ1) is 8.99. The maximum atomic E-state index is 12.5. The van der Waals surface area contributed by atoms with Crippen LogP contribution in [0.15, 0.2) is 6.20 Å². The molecule has 2 heterocycles. The number of nitrogens with one attached hydrogen (secondary N) is 1. The number of carbonyl (C=O) groups excluding carboxylic acids is 2. The van der Waals surface area contributed by atoms with Crippen molar-refractivity contribution in [3.8, 4) is 0 Å². The van der Waals surface area contributed by atoms with Gasteiger partial charge < -0.3 is 5.32 Å². The van der Waals surface area contributed by atoms with E-state index in [1.165, 1.54) is 0 Å². The van der Waals surface area contributed by atoms with Crippen LogP contribution in [-0.4, -0.2) is 33.7 Å². The van der Waals surface area contributed by atoms with Crippen LogP contribution in [0.3, 0.4) is 0 Å². The van der Waals surface area contributed by atoms with Gasteiger partial charge >= 0.3 is 0 Å². The summed E-state index contributed by atoms with van der Waals surface area (Å²) in [6, 6.07) is -0.932. The van der Waals surface area contributed by atoms with E-state index in [1.54, 1.807) is 22.7 Å². The SMILES string of the molecule is CCc1nn(C)cc1N1C(=O)C(CC)NC(=O)C1C. The maximum Gasteiger partial charge on any atom is 0.250 e. The van der Waals surface area contributed by atoms with Crippen LogP contribution in [0.4, 0.5) is 5.69 Å². The predicted molar refractivity (Wildman–Crippen MR) is 71.8 cm³/mol. The van der Waals surface area contributed by atoms with Gasteiger partial charge in [0, 0.05) is 13.2 Å². The zero-order valence-electron chi connectivity index (χ0n) is 11.8. The summed E-state index contributed by atoms with van der Waals surface area (Å²) < 4.78 is 1.68. The number of hydrogen-bond acceptors (Lipinski definition) is 3. The third-order valence-electron chi connectivity index (χ3n) is 3.50. The number of hydrogen-bond donors (Lipinski definition) is 1. The first kappa shape index (κ1) is 13.6. The standard InChI is InChI=1S/C13H20N4O2/c1-5-9-11(7-16(4)15-9)17-8(3)12(18)14-10(6-2)13(17)19/h7-8,10H,5-6H2,1-4H3,(H,14,18). The first-order valence-electron chi connectivity index (χ1n) is 6.65. The van der Waals surface area contributed by atoms with Gasteiger partial charge in [0.25, 0.3) is 0 Å². The van der Waals surface area contributed by atoms with Gasteiger partial charge in [-0.05, 0) is 19.8 Å². The molecule has 2 amide bonds. The van der Waals surface area contributed by atoms with Crippen molar-refractivity contribution in [1.82, 2.24) is 15.1 Å². The summed E-state index contributed by atoms with van der Waals surface area (Å²) in [6.45, 7) is 5.62. The molecule has 2 rings (SSSR count).